The second-order valence-electron chi connectivity index (χ2n) is 6.50. The van der Waals surface area contributed by atoms with Gasteiger partial charge in [0.25, 0.3) is 0 Å². The van der Waals surface area contributed by atoms with Crippen LogP contribution in [0.15, 0.2) is 18.5 Å². The van der Waals surface area contributed by atoms with E-state index in [1.165, 1.54) is 0 Å². The molecule has 0 N–H and O–H groups in total. The van der Waals surface area contributed by atoms with Crippen LogP contribution < -0.4 is 0 Å². The first-order chi connectivity index (χ1) is 11.0. The van der Waals surface area contributed by atoms with Crippen LogP contribution >= 0.6 is 0 Å². The van der Waals surface area contributed by atoms with Gasteiger partial charge in [0.05, 0.1) is 11.4 Å². The Bertz CT molecular complexity index is 687. The first-order valence-electron chi connectivity index (χ1n) is 8.30. The van der Waals surface area contributed by atoms with Gasteiger partial charge in [0.1, 0.15) is 5.82 Å². The highest BCUT2D eigenvalue weighted by Crippen LogP contribution is 2.26. The van der Waals surface area contributed by atoms with Gasteiger partial charge in [-0.15, -0.1) is 0 Å². The zero-order chi connectivity index (χ0) is 16.4. The summed E-state index contributed by atoms with van der Waals surface area (Å²) in [5.74, 6) is 1.66. The summed E-state index contributed by atoms with van der Waals surface area (Å²) in [6, 6.07) is 1.96. The maximum Gasteiger partial charge on any atom is 0.224 e. The monoisotopic (exact) mass is 315 g/mol. The largest absolute Gasteiger partial charge is 0.342 e. The Kier molecular flexibility index (Phi) is 4.50. The molecule has 0 bridgehead atoms. The van der Waals surface area contributed by atoms with Crippen LogP contribution in [0.1, 0.15) is 42.4 Å². The molecule has 1 aliphatic rings. The zero-order valence-corrected chi connectivity index (χ0v) is 14.2. The quantitative estimate of drug-likeness (QED) is 0.867. The van der Waals surface area contributed by atoms with Crippen molar-refractivity contribution in [3.8, 4) is 0 Å². The molecular formula is C17H25N5O. The Labute approximate surface area is 137 Å². The van der Waals surface area contributed by atoms with Gasteiger partial charge in [-0.25, -0.2) is 4.98 Å². The molecule has 6 nitrogen and oxygen atoms in total. The smallest absolute Gasteiger partial charge is 0.224 e. The highest BCUT2D eigenvalue weighted by atomic mass is 16.2. The predicted molar refractivity (Wildman–Crippen MR) is 88.1 cm³/mol. The molecule has 6 heteroatoms. The number of hydrogen-bond donors (Lipinski definition) is 0. The Balaban J connectivity index is 1.59. The first-order valence-corrected chi connectivity index (χ1v) is 8.30. The number of nitrogens with zero attached hydrogens (tertiary/aromatic N) is 5. The van der Waals surface area contributed by atoms with E-state index >= 15 is 0 Å². The lowest BCUT2D eigenvalue weighted by molar-refractivity contribution is -0.132. The van der Waals surface area contributed by atoms with Gasteiger partial charge in [0.2, 0.25) is 5.91 Å². The fourth-order valence-corrected chi connectivity index (χ4v) is 3.38. The molecule has 1 amide bonds. The van der Waals surface area contributed by atoms with E-state index in [0.717, 1.165) is 43.1 Å². The minimum atomic E-state index is 0.216. The Hall–Kier alpha value is -2.11. The van der Waals surface area contributed by atoms with Crippen molar-refractivity contribution in [2.75, 3.05) is 13.1 Å². The standard InChI is InChI=1S/C17H25N5O/c1-13-6-9-22(19-13)10-7-16(23)21-8-4-5-15(12-21)17-18-14(2)11-20(17)3/h6,9,11,15H,4-5,7-8,10,12H2,1-3H3/t15-/m1/s1. The van der Waals surface area contributed by atoms with Crippen LogP contribution in [0.5, 0.6) is 0 Å². The van der Waals surface area contributed by atoms with Crippen molar-refractivity contribution in [2.45, 2.75) is 45.6 Å². The van der Waals surface area contributed by atoms with Gasteiger partial charge >= 0.3 is 0 Å². The van der Waals surface area contributed by atoms with Crippen molar-refractivity contribution in [2.24, 2.45) is 7.05 Å². The van der Waals surface area contributed by atoms with Crippen molar-refractivity contribution in [1.29, 1.82) is 0 Å². The second-order valence-corrected chi connectivity index (χ2v) is 6.50. The average Bonchev–Trinajstić information content (AvgIpc) is 3.10. The summed E-state index contributed by atoms with van der Waals surface area (Å²) in [6.07, 6.45) is 6.64. The molecule has 23 heavy (non-hydrogen) atoms. The minimum absolute atomic E-state index is 0.216. The first kappa shape index (κ1) is 15.8. The number of rotatable bonds is 4. The van der Waals surface area contributed by atoms with Crippen LogP contribution in [0.2, 0.25) is 0 Å². The number of carbonyl (C=O) groups is 1. The fraction of sp³-hybridized carbons (Fsp3) is 0.588. The molecule has 0 spiro atoms. The van der Waals surface area contributed by atoms with Crippen LogP contribution in [-0.4, -0.2) is 43.2 Å². The van der Waals surface area contributed by atoms with E-state index in [2.05, 4.69) is 20.8 Å². The van der Waals surface area contributed by atoms with Crippen LogP contribution in [0.3, 0.4) is 0 Å². The van der Waals surface area contributed by atoms with E-state index in [9.17, 15) is 4.79 Å². The van der Waals surface area contributed by atoms with Gasteiger partial charge in [-0.2, -0.15) is 5.10 Å². The van der Waals surface area contributed by atoms with Crippen LogP contribution in [0, 0.1) is 13.8 Å². The Morgan fingerprint density at radius 2 is 2.17 bits per heavy atom. The lowest BCUT2D eigenvalue weighted by Crippen LogP contribution is -2.40. The summed E-state index contributed by atoms with van der Waals surface area (Å²) >= 11 is 0. The minimum Gasteiger partial charge on any atom is -0.342 e. The zero-order valence-electron chi connectivity index (χ0n) is 14.2. The van der Waals surface area contributed by atoms with E-state index in [-0.39, 0.29) is 5.91 Å². The molecule has 3 rings (SSSR count). The van der Waals surface area contributed by atoms with E-state index < -0.39 is 0 Å². The number of likely N-dealkylation sites (tertiary alicyclic amines) is 1. The molecule has 1 atom stereocenters. The molecule has 1 aliphatic heterocycles. The number of imidazole rings is 1. The number of aryl methyl sites for hydroxylation is 4. The fourth-order valence-electron chi connectivity index (χ4n) is 3.38. The molecule has 0 saturated carbocycles. The Morgan fingerprint density at radius 1 is 1.35 bits per heavy atom. The SMILES string of the molecule is Cc1cn(C)c([C@@H]2CCCN(C(=O)CCn3ccc(C)n3)C2)n1. The summed E-state index contributed by atoms with van der Waals surface area (Å²) in [7, 11) is 2.04. The number of piperidine rings is 1. The third-order valence-electron chi connectivity index (χ3n) is 4.50. The van der Waals surface area contributed by atoms with E-state index in [1.54, 1.807) is 0 Å². The second kappa shape index (κ2) is 6.56. The van der Waals surface area contributed by atoms with Crippen LogP contribution in [-0.2, 0) is 18.4 Å². The van der Waals surface area contributed by atoms with Crippen LogP contribution in [0.25, 0.3) is 0 Å². The lowest BCUT2D eigenvalue weighted by Gasteiger charge is -2.32. The van der Waals surface area contributed by atoms with Gasteiger partial charge in [-0.3, -0.25) is 9.48 Å². The molecule has 1 saturated heterocycles. The number of carbonyl (C=O) groups excluding carboxylic acids is 1. The van der Waals surface area contributed by atoms with Gasteiger partial charge in [-0.05, 0) is 32.8 Å². The highest BCUT2D eigenvalue weighted by Gasteiger charge is 2.27. The van der Waals surface area contributed by atoms with E-state index in [1.807, 2.05) is 42.7 Å². The van der Waals surface area contributed by atoms with Crippen molar-refractivity contribution in [3.05, 3.63) is 35.7 Å². The predicted octanol–water partition coefficient (Wildman–Crippen LogP) is 2.03. The maximum absolute atomic E-state index is 12.5. The van der Waals surface area contributed by atoms with Crippen LogP contribution in [0.4, 0.5) is 0 Å². The summed E-state index contributed by atoms with van der Waals surface area (Å²) in [4.78, 5) is 19.1. The molecule has 2 aromatic heterocycles. The van der Waals surface area contributed by atoms with Gasteiger partial charge in [0, 0.05) is 51.4 Å². The number of amides is 1. The maximum atomic E-state index is 12.5. The Morgan fingerprint density at radius 3 is 2.83 bits per heavy atom. The molecule has 2 aromatic rings. The average molecular weight is 315 g/mol. The number of hydrogen-bond acceptors (Lipinski definition) is 3. The highest BCUT2D eigenvalue weighted by molar-refractivity contribution is 5.76. The van der Waals surface area contributed by atoms with Gasteiger partial charge < -0.3 is 9.47 Å². The van der Waals surface area contributed by atoms with E-state index in [4.69, 9.17) is 0 Å². The molecule has 1 fully saturated rings. The molecule has 124 valence electrons. The molecule has 0 unspecified atom stereocenters. The topological polar surface area (TPSA) is 56.0 Å². The van der Waals surface area contributed by atoms with Crippen molar-refractivity contribution in [3.63, 3.8) is 0 Å². The third kappa shape index (κ3) is 3.63. The molecule has 0 aliphatic carbocycles. The van der Waals surface area contributed by atoms with Gasteiger partial charge in [0.15, 0.2) is 0 Å². The van der Waals surface area contributed by atoms with E-state index in [0.29, 0.717) is 18.9 Å². The summed E-state index contributed by atoms with van der Waals surface area (Å²) < 4.78 is 3.94. The molecule has 0 aromatic carbocycles. The summed E-state index contributed by atoms with van der Waals surface area (Å²) in [6.45, 7) is 6.26. The molecular weight excluding hydrogens is 290 g/mol. The third-order valence-corrected chi connectivity index (χ3v) is 4.50. The van der Waals surface area contributed by atoms with Crippen molar-refractivity contribution >= 4 is 5.91 Å². The normalized spacial score (nSPS) is 18.4. The lowest BCUT2D eigenvalue weighted by atomic mass is 9.97. The summed E-state index contributed by atoms with van der Waals surface area (Å²) in [5, 5.41) is 4.34. The van der Waals surface area contributed by atoms with Crippen molar-refractivity contribution in [1.82, 2.24) is 24.2 Å². The molecule has 0 radical (unpaired) electrons. The van der Waals surface area contributed by atoms with Gasteiger partial charge in [-0.1, -0.05) is 0 Å². The van der Waals surface area contributed by atoms with Crippen molar-refractivity contribution < 1.29 is 4.79 Å². The number of aromatic nitrogens is 4. The summed E-state index contributed by atoms with van der Waals surface area (Å²) in [5.41, 5.74) is 2.03. The molecule has 3 heterocycles.